The van der Waals surface area contributed by atoms with E-state index in [1.165, 1.54) is 0 Å². The van der Waals surface area contributed by atoms with Crippen molar-refractivity contribution in [3.05, 3.63) is 35.9 Å². The minimum absolute atomic E-state index is 0.265. The summed E-state index contributed by atoms with van der Waals surface area (Å²) < 4.78 is 5.02. The number of rotatable bonds is 7. The van der Waals surface area contributed by atoms with Crippen molar-refractivity contribution in [1.29, 1.82) is 5.26 Å². The summed E-state index contributed by atoms with van der Waals surface area (Å²) in [4.78, 5) is 11.8. The Morgan fingerprint density at radius 3 is 2.78 bits per heavy atom. The standard InChI is InChI=1S/C14H18N2O2/c1-2-18-14(17)13(16-10-6-9-15)11-12-7-4-3-5-8-12/h3-5,7-8,13,16H,2,6,10-11H2,1H3. The normalized spacial score (nSPS) is 11.6. The van der Waals surface area contributed by atoms with Crippen LogP contribution in [-0.2, 0) is 16.0 Å². The van der Waals surface area contributed by atoms with Crippen molar-refractivity contribution >= 4 is 5.97 Å². The first-order valence-corrected chi connectivity index (χ1v) is 6.08. The van der Waals surface area contributed by atoms with Crippen molar-refractivity contribution in [1.82, 2.24) is 5.32 Å². The van der Waals surface area contributed by atoms with E-state index in [0.29, 0.717) is 26.0 Å². The molecular weight excluding hydrogens is 228 g/mol. The van der Waals surface area contributed by atoms with Crippen LogP contribution in [0.25, 0.3) is 0 Å². The number of benzene rings is 1. The lowest BCUT2D eigenvalue weighted by Gasteiger charge is -2.16. The van der Waals surface area contributed by atoms with Gasteiger partial charge >= 0.3 is 5.97 Å². The molecule has 18 heavy (non-hydrogen) atoms. The van der Waals surface area contributed by atoms with E-state index in [9.17, 15) is 4.79 Å². The van der Waals surface area contributed by atoms with Gasteiger partial charge in [-0.1, -0.05) is 30.3 Å². The van der Waals surface area contributed by atoms with E-state index in [4.69, 9.17) is 10.00 Å². The van der Waals surface area contributed by atoms with E-state index >= 15 is 0 Å². The maximum atomic E-state index is 11.8. The second kappa shape index (κ2) is 8.26. The minimum atomic E-state index is -0.388. The second-order valence-electron chi connectivity index (χ2n) is 3.86. The highest BCUT2D eigenvalue weighted by Crippen LogP contribution is 2.04. The monoisotopic (exact) mass is 246 g/mol. The molecule has 0 aliphatic carbocycles. The molecule has 0 aliphatic heterocycles. The number of carbonyl (C=O) groups is 1. The first kappa shape index (κ1) is 14.2. The summed E-state index contributed by atoms with van der Waals surface area (Å²) in [6.07, 6.45) is 0.954. The van der Waals surface area contributed by atoms with Gasteiger partial charge in [0.25, 0.3) is 0 Å². The third-order valence-electron chi connectivity index (χ3n) is 2.48. The van der Waals surface area contributed by atoms with Crippen LogP contribution in [0.2, 0.25) is 0 Å². The topological polar surface area (TPSA) is 62.1 Å². The highest BCUT2D eigenvalue weighted by Gasteiger charge is 2.19. The highest BCUT2D eigenvalue weighted by molar-refractivity contribution is 5.76. The van der Waals surface area contributed by atoms with Crippen LogP contribution in [0, 0.1) is 11.3 Å². The quantitative estimate of drug-likeness (QED) is 0.587. The smallest absolute Gasteiger partial charge is 0.323 e. The van der Waals surface area contributed by atoms with Crippen LogP contribution >= 0.6 is 0 Å². The molecule has 0 amide bonds. The van der Waals surface area contributed by atoms with Crippen molar-refractivity contribution < 1.29 is 9.53 Å². The molecular formula is C14H18N2O2. The van der Waals surface area contributed by atoms with Gasteiger partial charge in [-0.05, 0) is 18.9 Å². The summed E-state index contributed by atoms with van der Waals surface area (Å²) >= 11 is 0. The molecule has 0 spiro atoms. The molecule has 0 radical (unpaired) electrons. The fourth-order valence-electron chi connectivity index (χ4n) is 1.63. The van der Waals surface area contributed by atoms with E-state index in [1.54, 1.807) is 6.92 Å². The number of nitriles is 1. The maximum absolute atomic E-state index is 11.8. The van der Waals surface area contributed by atoms with Gasteiger partial charge in [0.15, 0.2) is 0 Å². The summed E-state index contributed by atoms with van der Waals surface area (Å²) in [7, 11) is 0. The van der Waals surface area contributed by atoms with Crippen LogP contribution in [0.15, 0.2) is 30.3 Å². The fourth-order valence-corrected chi connectivity index (χ4v) is 1.63. The number of carbonyl (C=O) groups excluding carboxylic acids is 1. The van der Waals surface area contributed by atoms with Crippen molar-refractivity contribution in [2.75, 3.05) is 13.2 Å². The summed E-state index contributed by atoms with van der Waals surface area (Å²) in [6.45, 7) is 2.64. The second-order valence-corrected chi connectivity index (χ2v) is 3.86. The lowest BCUT2D eigenvalue weighted by molar-refractivity contribution is -0.145. The van der Waals surface area contributed by atoms with Crippen molar-refractivity contribution in [2.45, 2.75) is 25.8 Å². The first-order valence-electron chi connectivity index (χ1n) is 6.08. The average molecular weight is 246 g/mol. The Bertz CT molecular complexity index is 398. The van der Waals surface area contributed by atoms with Gasteiger partial charge in [0.2, 0.25) is 0 Å². The molecule has 1 aromatic rings. The molecule has 1 N–H and O–H groups in total. The molecule has 1 aromatic carbocycles. The Hall–Kier alpha value is -1.86. The van der Waals surface area contributed by atoms with E-state index in [0.717, 1.165) is 5.56 Å². The van der Waals surface area contributed by atoms with E-state index in [2.05, 4.69) is 5.32 Å². The van der Waals surface area contributed by atoms with Gasteiger partial charge in [-0.15, -0.1) is 0 Å². The SMILES string of the molecule is CCOC(=O)C(Cc1ccccc1)NCCC#N. The van der Waals surface area contributed by atoms with E-state index in [1.807, 2.05) is 36.4 Å². The lowest BCUT2D eigenvalue weighted by Crippen LogP contribution is -2.40. The predicted molar refractivity (Wildman–Crippen MR) is 68.8 cm³/mol. The molecule has 0 aliphatic rings. The molecule has 0 heterocycles. The third kappa shape index (κ3) is 4.98. The maximum Gasteiger partial charge on any atom is 0.323 e. The zero-order chi connectivity index (χ0) is 13.2. The van der Waals surface area contributed by atoms with Gasteiger partial charge in [0.05, 0.1) is 12.7 Å². The lowest BCUT2D eigenvalue weighted by atomic mass is 10.1. The average Bonchev–Trinajstić information content (AvgIpc) is 2.39. The summed E-state index contributed by atoms with van der Waals surface area (Å²) in [6, 6.07) is 11.4. The number of nitrogens with one attached hydrogen (secondary N) is 1. The third-order valence-corrected chi connectivity index (χ3v) is 2.48. The van der Waals surface area contributed by atoms with E-state index < -0.39 is 0 Å². The van der Waals surface area contributed by atoms with Crippen LogP contribution in [0.4, 0.5) is 0 Å². The summed E-state index contributed by atoms with van der Waals surface area (Å²) in [5.74, 6) is -0.265. The fraction of sp³-hybridized carbons (Fsp3) is 0.429. The number of hydrogen-bond acceptors (Lipinski definition) is 4. The van der Waals surface area contributed by atoms with Gasteiger partial charge in [-0.3, -0.25) is 4.79 Å². The number of esters is 1. The Kier molecular flexibility index (Phi) is 6.52. The number of ether oxygens (including phenoxy) is 1. The molecule has 1 unspecified atom stereocenters. The largest absolute Gasteiger partial charge is 0.465 e. The molecule has 1 atom stereocenters. The van der Waals surface area contributed by atoms with E-state index in [-0.39, 0.29) is 12.0 Å². The van der Waals surface area contributed by atoms with Crippen LogP contribution in [0.3, 0.4) is 0 Å². The van der Waals surface area contributed by atoms with Gasteiger partial charge in [0.1, 0.15) is 6.04 Å². The molecule has 0 bridgehead atoms. The highest BCUT2D eigenvalue weighted by atomic mass is 16.5. The Balaban J connectivity index is 2.59. The van der Waals surface area contributed by atoms with Crippen LogP contribution in [0.1, 0.15) is 18.9 Å². The molecule has 4 heteroatoms. The van der Waals surface area contributed by atoms with Crippen molar-refractivity contribution in [3.8, 4) is 6.07 Å². The van der Waals surface area contributed by atoms with Crippen molar-refractivity contribution in [3.63, 3.8) is 0 Å². The zero-order valence-corrected chi connectivity index (χ0v) is 10.6. The number of hydrogen-bond donors (Lipinski definition) is 1. The molecule has 1 rings (SSSR count). The minimum Gasteiger partial charge on any atom is -0.465 e. The van der Waals surface area contributed by atoms with Crippen LogP contribution in [0.5, 0.6) is 0 Å². The summed E-state index contributed by atoms with van der Waals surface area (Å²) in [5.41, 5.74) is 1.07. The molecule has 0 saturated heterocycles. The molecule has 0 fully saturated rings. The van der Waals surface area contributed by atoms with Crippen LogP contribution in [-0.4, -0.2) is 25.2 Å². The molecule has 4 nitrogen and oxygen atoms in total. The molecule has 0 saturated carbocycles. The first-order chi connectivity index (χ1) is 8.77. The zero-order valence-electron chi connectivity index (χ0n) is 10.6. The van der Waals surface area contributed by atoms with Gasteiger partial charge < -0.3 is 10.1 Å². The molecule has 96 valence electrons. The van der Waals surface area contributed by atoms with Crippen LogP contribution < -0.4 is 5.32 Å². The Morgan fingerprint density at radius 1 is 1.44 bits per heavy atom. The Morgan fingerprint density at radius 2 is 2.17 bits per heavy atom. The predicted octanol–water partition coefficient (Wildman–Crippen LogP) is 1.66. The van der Waals surface area contributed by atoms with Crippen molar-refractivity contribution in [2.24, 2.45) is 0 Å². The van der Waals surface area contributed by atoms with Gasteiger partial charge in [-0.2, -0.15) is 5.26 Å². The summed E-state index contributed by atoms with van der Waals surface area (Å²) in [5, 5.41) is 11.6. The Labute approximate surface area is 108 Å². The molecule has 0 aromatic heterocycles. The van der Waals surface area contributed by atoms with Gasteiger partial charge in [0, 0.05) is 13.0 Å². The van der Waals surface area contributed by atoms with Gasteiger partial charge in [-0.25, -0.2) is 0 Å². The number of nitrogens with zero attached hydrogens (tertiary/aromatic N) is 1.